The molecule has 0 saturated carbocycles. The van der Waals surface area contributed by atoms with Crippen LogP contribution in [-0.4, -0.2) is 67.0 Å². The Balaban J connectivity index is 1.51. The maximum Gasteiger partial charge on any atom is 0.272 e. The first kappa shape index (κ1) is 24.2. The zero-order chi connectivity index (χ0) is 24.6. The van der Waals surface area contributed by atoms with Gasteiger partial charge in [-0.05, 0) is 49.4 Å². The van der Waals surface area contributed by atoms with E-state index in [4.69, 9.17) is 19.6 Å². The van der Waals surface area contributed by atoms with Gasteiger partial charge in [-0.15, -0.1) is 0 Å². The van der Waals surface area contributed by atoms with Crippen LogP contribution < -0.4 is 20.1 Å². The molecule has 2 amide bonds. The van der Waals surface area contributed by atoms with Crippen LogP contribution in [0.5, 0.6) is 17.2 Å². The van der Waals surface area contributed by atoms with Crippen molar-refractivity contribution in [3.8, 4) is 17.2 Å². The van der Waals surface area contributed by atoms with Gasteiger partial charge >= 0.3 is 0 Å². The van der Waals surface area contributed by atoms with Crippen molar-refractivity contribution in [2.75, 3.05) is 33.4 Å². The van der Waals surface area contributed by atoms with Crippen LogP contribution in [0.15, 0.2) is 48.8 Å². The highest BCUT2D eigenvalue weighted by atomic mass is 16.5. The molecule has 10 heteroatoms. The number of amides is 2. The molecule has 4 rings (SSSR count). The van der Waals surface area contributed by atoms with Crippen molar-refractivity contribution in [3.05, 3.63) is 60.1 Å². The van der Waals surface area contributed by atoms with Crippen LogP contribution in [0.25, 0.3) is 0 Å². The van der Waals surface area contributed by atoms with Crippen LogP contribution in [0, 0.1) is 5.41 Å². The Bertz CT molecular complexity index is 1090. The molecule has 0 radical (unpaired) electrons. The molecule has 0 aliphatic carbocycles. The van der Waals surface area contributed by atoms with Crippen molar-refractivity contribution in [3.63, 3.8) is 0 Å². The van der Waals surface area contributed by atoms with Crippen LogP contribution in [0.3, 0.4) is 0 Å². The lowest BCUT2D eigenvalue weighted by Gasteiger charge is -2.16. The molecule has 0 spiro atoms. The first-order chi connectivity index (χ1) is 17.0. The minimum atomic E-state index is -0.474. The third kappa shape index (κ3) is 6.57. The monoisotopic (exact) mass is 479 g/mol. The minimum absolute atomic E-state index is 0.0650. The summed E-state index contributed by atoms with van der Waals surface area (Å²) in [6, 6.07) is 8.16. The zero-order valence-electron chi connectivity index (χ0n) is 19.6. The third-order valence-corrected chi connectivity index (χ3v) is 5.58. The number of hydrogen-bond donors (Lipinski definition) is 3. The summed E-state index contributed by atoms with van der Waals surface area (Å²) >= 11 is 0. The van der Waals surface area contributed by atoms with Gasteiger partial charge < -0.3 is 29.7 Å². The number of nitrogens with zero attached hydrogens (tertiary/aromatic N) is 2. The Morgan fingerprint density at radius 2 is 1.97 bits per heavy atom. The van der Waals surface area contributed by atoms with E-state index >= 15 is 0 Å². The van der Waals surface area contributed by atoms with Crippen LogP contribution in [0.4, 0.5) is 0 Å². The molecule has 2 saturated heterocycles. The first-order valence-corrected chi connectivity index (χ1v) is 11.6. The number of aromatic nitrogens is 1. The maximum atomic E-state index is 12.8. The van der Waals surface area contributed by atoms with Gasteiger partial charge in [0.2, 0.25) is 0 Å². The maximum absolute atomic E-state index is 12.8. The predicted molar refractivity (Wildman–Crippen MR) is 129 cm³/mol. The van der Waals surface area contributed by atoms with E-state index in [1.54, 1.807) is 48.5 Å². The van der Waals surface area contributed by atoms with Crippen LogP contribution in [0.1, 0.15) is 40.1 Å². The molecule has 3 heterocycles. The highest BCUT2D eigenvalue weighted by molar-refractivity contribution is 6.09. The quantitative estimate of drug-likeness (QED) is 0.393. The van der Waals surface area contributed by atoms with E-state index in [1.807, 2.05) is 0 Å². The Morgan fingerprint density at radius 1 is 1.17 bits per heavy atom. The Kier molecular flexibility index (Phi) is 7.94. The van der Waals surface area contributed by atoms with Crippen LogP contribution >= 0.6 is 0 Å². The van der Waals surface area contributed by atoms with Crippen molar-refractivity contribution < 1.29 is 23.8 Å². The normalized spacial score (nSPS) is 17.4. The molecule has 10 nitrogen and oxygen atoms in total. The molecule has 3 N–H and O–H groups in total. The number of carbonyl (C=O) groups is 2. The van der Waals surface area contributed by atoms with E-state index in [0.717, 1.165) is 32.4 Å². The average molecular weight is 480 g/mol. The van der Waals surface area contributed by atoms with E-state index in [1.165, 1.54) is 12.3 Å². The molecule has 1 aromatic heterocycles. The Labute approximate surface area is 203 Å². The van der Waals surface area contributed by atoms with Gasteiger partial charge in [0.15, 0.2) is 0 Å². The first-order valence-electron chi connectivity index (χ1n) is 11.6. The van der Waals surface area contributed by atoms with Gasteiger partial charge in [-0.2, -0.15) is 0 Å². The molecule has 2 aromatic rings. The molecule has 1 aromatic carbocycles. The number of rotatable bonds is 8. The molecule has 0 bridgehead atoms. The lowest BCUT2D eigenvalue weighted by Crippen LogP contribution is -2.28. The van der Waals surface area contributed by atoms with Gasteiger partial charge in [-0.1, -0.05) is 0 Å². The summed E-state index contributed by atoms with van der Waals surface area (Å²) in [5, 5.41) is 13.2. The fourth-order valence-electron chi connectivity index (χ4n) is 3.82. The van der Waals surface area contributed by atoms with Crippen LogP contribution in [0.2, 0.25) is 0 Å². The van der Waals surface area contributed by atoms with E-state index in [0.29, 0.717) is 36.2 Å². The molecule has 35 heavy (non-hydrogen) atoms. The molecule has 2 aliphatic rings. The summed E-state index contributed by atoms with van der Waals surface area (Å²) in [5.74, 6) is 0.610. The summed E-state index contributed by atoms with van der Waals surface area (Å²) < 4.78 is 17.3. The van der Waals surface area contributed by atoms with Crippen molar-refractivity contribution in [1.82, 2.24) is 20.5 Å². The smallest absolute Gasteiger partial charge is 0.272 e. The molecule has 2 fully saturated rings. The second-order valence-electron chi connectivity index (χ2n) is 8.27. The number of carbonyl (C=O) groups excluding carboxylic acids is 2. The fourth-order valence-corrected chi connectivity index (χ4v) is 3.82. The van der Waals surface area contributed by atoms with Crippen molar-refractivity contribution in [2.45, 2.75) is 25.4 Å². The number of hydrogen-bond acceptors (Lipinski definition) is 8. The zero-order valence-corrected chi connectivity index (χ0v) is 19.6. The predicted octanol–water partition coefficient (Wildman–Crippen LogP) is 2.72. The number of amidine groups is 1. The highest BCUT2D eigenvalue weighted by Crippen LogP contribution is 2.29. The standard InChI is InChI=1S/C25H29N5O5/c1-27-8-6-23(26)29-24(31)17-12-20(14-21(13-17)35-19-7-11-33-16-19)34-18-4-5-22(28-15-18)25(32)30-9-2-3-10-30/h4-6,8,12-15,19,27H,2-3,7,9-11,16H2,1H3,(H2,26,29,31)/b8-6-. The molecule has 1 atom stereocenters. The van der Waals surface area contributed by atoms with Crippen molar-refractivity contribution in [1.29, 1.82) is 5.41 Å². The van der Waals surface area contributed by atoms with E-state index in [2.05, 4.69) is 15.6 Å². The lowest BCUT2D eigenvalue weighted by atomic mass is 10.1. The summed E-state index contributed by atoms with van der Waals surface area (Å²) in [4.78, 5) is 31.3. The minimum Gasteiger partial charge on any atom is -0.488 e. The number of benzene rings is 1. The summed E-state index contributed by atoms with van der Waals surface area (Å²) in [6.07, 6.45) is 7.13. The van der Waals surface area contributed by atoms with Gasteiger partial charge in [0.05, 0.1) is 19.4 Å². The van der Waals surface area contributed by atoms with Crippen molar-refractivity contribution in [2.24, 2.45) is 0 Å². The molecular weight excluding hydrogens is 450 g/mol. The van der Waals surface area contributed by atoms with Gasteiger partial charge in [0.1, 0.15) is 34.9 Å². The molecule has 184 valence electrons. The summed E-state index contributed by atoms with van der Waals surface area (Å²) in [5.41, 5.74) is 0.638. The lowest BCUT2D eigenvalue weighted by molar-refractivity contribution is 0.0786. The van der Waals surface area contributed by atoms with E-state index in [9.17, 15) is 9.59 Å². The summed E-state index contributed by atoms with van der Waals surface area (Å²) in [7, 11) is 1.70. The largest absolute Gasteiger partial charge is 0.488 e. The second-order valence-corrected chi connectivity index (χ2v) is 8.27. The van der Waals surface area contributed by atoms with Crippen LogP contribution in [-0.2, 0) is 4.74 Å². The molecular formula is C25H29N5O5. The number of pyridine rings is 1. The highest BCUT2D eigenvalue weighted by Gasteiger charge is 2.21. The van der Waals surface area contributed by atoms with Gasteiger partial charge in [0, 0.05) is 38.2 Å². The SMILES string of the molecule is CN/C=C\C(=N)NC(=O)c1cc(Oc2ccc(C(=O)N3CCCC3)nc2)cc(OC2CCOC2)c1. The van der Waals surface area contributed by atoms with Gasteiger partial charge in [0.25, 0.3) is 11.8 Å². The van der Waals surface area contributed by atoms with Gasteiger partial charge in [-0.3, -0.25) is 15.0 Å². The number of likely N-dealkylation sites (tertiary alicyclic amines) is 1. The Hall–Kier alpha value is -3.92. The number of nitrogens with one attached hydrogen (secondary N) is 3. The fraction of sp³-hybridized carbons (Fsp3) is 0.360. The van der Waals surface area contributed by atoms with Gasteiger partial charge in [-0.25, -0.2) is 4.98 Å². The molecule has 1 unspecified atom stereocenters. The number of ether oxygens (including phenoxy) is 3. The average Bonchev–Trinajstić information content (AvgIpc) is 3.57. The molecule has 2 aliphatic heterocycles. The third-order valence-electron chi connectivity index (χ3n) is 5.58. The summed E-state index contributed by atoms with van der Waals surface area (Å²) in [6.45, 7) is 2.61. The second kappa shape index (κ2) is 11.5. The van der Waals surface area contributed by atoms with E-state index in [-0.39, 0.29) is 23.4 Å². The topological polar surface area (TPSA) is 126 Å². The van der Waals surface area contributed by atoms with Crippen molar-refractivity contribution >= 4 is 17.6 Å². The Morgan fingerprint density at radius 3 is 2.66 bits per heavy atom. The van der Waals surface area contributed by atoms with E-state index < -0.39 is 5.91 Å².